The lowest BCUT2D eigenvalue weighted by atomic mass is 10.2. The summed E-state index contributed by atoms with van der Waals surface area (Å²) in [6.07, 6.45) is -0.385. The van der Waals surface area contributed by atoms with Gasteiger partial charge in [-0.2, -0.15) is 0 Å². The molecular weight excluding hydrogens is 443 g/mol. The van der Waals surface area contributed by atoms with E-state index in [1.165, 1.54) is 23.1 Å². The van der Waals surface area contributed by atoms with Crippen molar-refractivity contribution in [1.82, 2.24) is 24.9 Å². The van der Waals surface area contributed by atoms with E-state index in [0.29, 0.717) is 24.7 Å². The molecule has 3 aromatic rings. The summed E-state index contributed by atoms with van der Waals surface area (Å²) in [6.45, 7) is 0.736. The molecule has 13 heteroatoms. The van der Waals surface area contributed by atoms with Gasteiger partial charge in [-0.15, -0.1) is 0 Å². The molecule has 3 heterocycles. The molecule has 1 amide bonds. The Balaban J connectivity index is 1.35. The normalized spacial score (nSPS) is 15.7. The lowest BCUT2D eigenvalue weighted by Gasteiger charge is -2.36. The third-order valence-electron chi connectivity index (χ3n) is 5.12. The predicted octanol–water partition coefficient (Wildman–Crippen LogP) is 0.592. The van der Waals surface area contributed by atoms with E-state index in [2.05, 4.69) is 24.6 Å². The van der Waals surface area contributed by atoms with Gasteiger partial charge in [0, 0.05) is 32.4 Å². The number of benzene rings is 1. The van der Waals surface area contributed by atoms with Gasteiger partial charge in [-0.1, -0.05) is 6.07 Å². The number of amides is 1. The van der Waals surface area contributed by atoms with Crippen molar-refractivity contribution in [3.05, 3.63) is 36.5 Å². The number of rotatable bonds is 7. The first-order chi connectivity index (χ1) is 15.4. The van der Waals surface area contributed by atoms with Crippen molar-refractivity contribution in [2.45, 2.75) is 11.1 Å². The summed E-state index contributed by atoms with van der Waals surface area (Å²) in [7, 11) is -2.57. The first-order valence-electron chi connectivity index (χ1n) is 9.78. The van der Waals surface area contributed by atoms with Crippen LogP contribution in [0.1, 0.15) is 0 Å². The Kier molecular flexibility index (Phi) is 6.19. The van der Waals surface area contributed by atoms with Gasteiger partial charge in [-0.3, -0.25) is 4.79 Å². The van der Waals surface area contributed by atoms with Crippen molar-refractivity contribution >= 4 is 32.8 Å². The number of aromatic nitrogens is 3. The average molecular weight is 464 g/mol. The summed E-state index contributed by atoms with van der Waals surface area (Å²) in [5.74, 6) is 0.493. The van der Waals surface area contributed by atoms with Crippen LogP contribution in [0.5, 0.6) is 5.75 Å². The number of ether oxygens (including phenoxy) is 1. The fraction of sp³-hybridized carbons (Fsp3) is 0.368. The number of nitrogens with zero attached hydrogens (tertiary/aromatic N) is 5. The van der Waals surface area contributed by atoms with Crippen LogP contribution in [-0.2, 0) is 14.8 Å². The van der Waals surface area contributed by atoms with Gasteiger partial charge in [0.05, 0.1) is 13.7 Å². The third kappa shape index (κ3) is 4.34. The van der Waals surface area contributed by atoms with Crippen molar-refractivity contribution in [3.8, 4) is 5.75 Å². The molecule has 1 aliphatic rings. The van der Waals surface area contributed by atoms with E-state index in [-0.39, 0.29) is 29.0 Å². The summed E-state index contributed by atoms with van der Waals surface area (Å²) in [5.41, 5.74) is 0.283. The molecule has 1 N–H and O–H groups in total. The fourth-order valence-corrected chi connectivity index (χ4v) is 4.64. The number of carbonyl (C=O) groups excluding carboxylic acids is 1. The second kappa shape index (κ2) is 9.04. The van der Waals surface area contributed by atoms with Gasteiger partial charge < -0.3 is 14.5 Å². The number of anilines is 1. The number of hydrogen-bond acceptors (Lipinski definition) is 9. The van der Waals surface area contributed by atoms with E-state index >= 15 is 0 Å². The molecule has 1 saturated heterocycles. The van der Waals surface area contributed by atoms with Crippen molar-refractivity contribution in [2.24, 2.45) is 0 Å². The Morgan fingerprint density at radius 2 is 2.00 bits per heavy atom. The highest BCUT2D eigenvalue weighted by Gasteiger charge is 2.30. The smallest absolute Gasteiger partial charge is 0.258 e. The van der Waals surface area contributed by atoms with Crippen LogP contribution in [0.4, 0.5) is 10.2 Å². The minimum atomic E-state index is -4.12. The van der Waals surface area contributed by atoms with Crippen LogP contribution in [0.25, 0.3) is 11.0 Å². The lowest BCUT2D eigenvalue weighted by molar-refractivity contribution is -0.136. The van der Waals surface area contributed by atoms with E-state index in [1.807, 2.05) is 4.90 Å². The molecule has 1 atom stereocenters. The number of pyridine rings is 1. The molecule has 2 aromatic heterocycles. The number of halogens is 1. The standard InChI is InChI=1S/C19H21FN6O5S/c1-30-15-5-3-7-21-18(15)25-8-10-26(11-9-25)19(27)13(20)12-22-32(28,29)16-6-2-4-14-17(16)24-31-23-14/h2-7,13,22H,8-12H2,1H3. The summed E-state index contributed by atoms with van der Waals surface area (Å²) in [6, 6.07) is 7.85. The summed E-state index contributed by atoms with van der Waals surface area (Å²) >= 11 is 0. The third-order valence-corrected chi connectivity index (χ3v) is 6.58. The maximum atomic E-state index is 14.6. The van der Waals surface area contributed by atoms with Gasteiger partial charge in [0.15, 0.2) is 23.3 Å². The topological polar surface area (TPSA) is 131 Å². The molecular formula is C19H21FN6O5S. The molecule has 32 heavy (non-hydrogen) atoms. The molecule has 1 fully saturated rings. The Labute approximate surface area is 183 Å². The zero-order valence-corrected chi connectivity index (χ0v) is 18.0. The molecule has 0 radical (unpaired) electrons. The molecule has 11 nitrogen and oxygen atoms in total. The first kappa shape index (κ1) is 21.9. The molecule has 4 rings (SSSR count). The van der Waals surface area contributed by atoms with Crippen molar-refractivity contribution in [1.29, 1.82) is 0 Å². The van der Waals surface area contributed by atoms with E-state index in [0.717, 1.165) is 0 Å². The van der Waals surface area contributed by atoms with E-state index < -0.39 is 28.6 Å². The van der Waals surface area contributed by atoms with Gasteiger partial charge in [-0.25, -0.2) is 27.1 Å². The lowest BCUT2D eigenvalue weighted by Crippen LogP contribution is -2.52. The van der Waals surface area contributed by atoms with Gasteiger partial charge >= 0.3 is 0 Å². The number of sulfonamides is 1. The van der Waals surface area contributed by atoms with Crippen LogP contribution >= 0.6 is 0 Å². The number of fused-ring (bicyclic) bond motifs is 1. The summed E-state index contributed by atoms with van der Waals surface area (Å²) in [4.78, 5) is 19.9. The SMILES string of the molecule is COc1cccnc1N1CCN(C(=O)C(F)CNS(=O)(=O)c2cccc3nonc23)CC1. The Bertz CT molecular complexity index is 1210. The zero-order chi connectivity index (χ0) is 22.7. The highest BCUT2D eigenvalue weighted by Crippen LogP contribution is 2.26. The predicted molar refractivity (Wildman–Crippen MR) is 111 cm³/mol. The number of methoxy groups -OCH3 is 1. The van der Waals surface area contributed by atoms with Crippen LogP contribution < -0.4 is 14.4 Å². The molecule has 170 valence electrons. The monoisotopic (exact) mass is 464 g/mol. The van der Waals surface area contributed by atoms with Crippen LogP contribution in [-0.4, -0.2) is 80.5 Å². The van der Waals surface area contributed by atoms with Gasteiger partial charge in [0.2, 0.25) is 10.0 Å². The van der Waals surface area contributed by atoms with Crippen LogP contribution in [0, 0.1) is 0 Å². The summed E-state index contributed by atoms with van der Waals surface area (Å²) in [5, 5.41) is 7.16. The largest absolute Gasteiger partial charge is 0.493 e. The van der Waals surface area contributed by atoms with Gasteiger partial charge in [0.1, 0.15) is 10.4 Å². The molecule has 1 aromatic carbocycles. The Hall–Kier alpha value is -3.32. The number of carbonyl (C=O) groups is 1. The van der Waals surface area contributed by atoms with E-state index in [9.17, 15) is 17.6 Å². The van der Waals surface area contributed by atoms with Gasteiger partial charge in [-0.05, 0) is 34.6 Å². The summed E-state index contributed by atoms with van der Waals surface area (Å²) < 4.78 is 51.7. The average Bonchev–Trinajstić information content (AvgIpc) is 3.31. The first-order valence-corrected chi connectivity index (χ1v) is 11.3. The van der Waals surface area contributed by atoms with E-state index in [1.54, 1.807) is 25.4 Å². The molecule has 1 unspecified atom stereocenters. The Morgan fingerprint density at radius 3 is 2.75 bits per heavy atom. The van der Waals surface area contributed by atoms with Crippen LogP contribution in [0.15, 0.2) is 46.1 Å². The zero-order valence-electron chi connectivity index (χ0n) is 17.1. The minimum absolute atomic E-state index is 0.0304. The molecule has 0 saturated carbocycles. The maximum Gasteiger partial charge on any atom is 0.258 e. The van der Waals surface area contributed by atoms with Gasteiger partial charge in [0.25, 0.3) is 5.91 Å². The number of nitrogens with one attached hydrogen (secondary N) is 1. The molecule has 0 bridgehead atoms. The van der Waals surface area contributed by atoms with E-state index in [4.69, 9.17) is 4.74 Å². The molecule has 1 aliphatic heterocycles. The Morgan fingerprint density at radius 1 is 1.22 bits per heavy atom. The molecule has 0 spiro atoms. The second-order valence-electron chi connectivity index (χ2n) is 7.05. The fourth-order valence-electron chi connectivity index (χ4n) is 3.46. The molecule has 0 aliphatic carbocycles. The van der Waals surface area contributed by atoms with Crippen molar-refractivity contribution < 1.29 is 27.0 Å². The van der Waals surface area contributed by atoms with Crippen LogP contribution in [0.3, 0.4) is 0 Å². The highest BCUT2D eigenvalue weighted by molar-refractivity contribution is 7.89. The maximum absolute atomic E-state index is 14.6. The second-order valence-corrected chi connectivity index (χ2v) is 8.78. The minimum Gasteiger partial charge on any atom is -0.493 e. The van der Waals surface area contributed by atoms with Crippen LogP contribution in [0.2, 0.25) is 0 Å². The van der Waals surface area contributed by atoms with Crippen molar-refractivity contribution in [2.75, 3.05) is 44.7 Å². The quantitative estimate of drug-likeness (QED) is 0.534. The van der Waals surface area contributed by atoms with Crippen molar-refractivity contribution in [3.63, 3.8) is 0 Å². The number of piperazine rings is 1. The highest BCUT2D eigenvalue weighted by atomic mass is 32.2. The number of hydrogen-bond donors (Lipinski definition) is 1. The number of alkyl halides is 1.